The molecule has 8 nitrogen and oxygen atoms in total. The van der Waals surface area contributed by atoms with E-state index in [0.29, 0.717) is 0 Å². The van der Waals surface area contributed by atoms with E-state index < -0.39 is 15.7 Å². The van der Waals surface area contributed by atoms with Crippen molar-refractivity contribution in [2.75, 3.05) is 0 Å². The third kappa shape index (κ3) is 2.80. The van der Waals surface area contributed by atoms with Gasteiger partial charge in [0.2, 0.25) is 0 Å². The van der Waals surface area contributed by atoms with E-state index in [4.69, 9.17) is 4.42 Å². The molecule has 0 aliphatic rings. The standard InChI is InChI=1S/C11H7N3O5/c15-13(16)10-4-2-1-3-9(10)12-7-8-5-6-11(19-8)14(17)18/h1-7H. The summed E-state index contributed by atoms with van der Waals surface area (Å²) >= 11 is 0. The Morgan fingerprint density at radius 2 is 1.79 bits per heavy atom. The quantitative estimate of drug-likeness (QED) is 0.477. The van der Waals surface area contributed by atoms with Crippen molar-refractivity contribution in [3.63, 3.8) is 0 Å². The van der Waals surface area contributed by atoms with Crippen LogP contribution < -0.4 is 0 Å². The number of nitrogens with zero attached hydrogens (tertiary/aromatic N) is 3. The Balaban J connectivity index is 2.27. The van der Waals surface area contributed by atoms with Crippen molar-refractivity contribution < 1.29 is 14.3 Å². The Kier molecular flexibility index (Phi) is 3.33. The number of para-hydroxylation sites is 2. The topological polar surface area (TPSA) is 112 Å². The van der Waals surface area contributed by atoms with Gasteiger partial charge in [-0.15, -0.1) is 0 Å². The van der Waals surface area contributed by atoms with E-state index in [1.54, 1.807) is 6.07 Å². The minimum atomic E-state index is -0.678. The number of hydrogen-bond acceptors (Lipinski definition) is 6. The van der Waals surface area contributed by atoms with Crippen LogP contribution in [0.2, 0.25) is 0 Å². The summed E-state index contributed by atoms with van der Waals surface area (Å²) < 4.78 is 4.85. The van der Waals surface area contributed by atoms with Gasteiger partial charge in [-0.3, -0.25) is 20.2 Å². The molecule has 0 spiro atoms. The number of nitro benzene ring substituents is 1. The van der Waals surface area contributed by atoms with E-state index in [-0.39, 0.29) is 17.1 Å². The normalized spacial score (nSPS) is 10.7. The summed E-state index contributed by atoms with van der Waals surface area (Å²) in [5, 5.41) is 21.2. The average Bonchev–Trinajstić information content (AvgIpc) is 2.85. The van der Waals surface area contributed by atoms with Crippen molar-refractivity contribution in [2.24, 2.45) is 4.99 Å². The first kappa shape index (κ1) is 12.4. The van der Waals surface area contributed by atoms with Gasteiger partial charge in [-0.2, -0.15) is 0 Å². The molecule has 1 aromatic heterocycles. The van der Waals surface area contributed by atoms with E-state index in [0.717, 1.165) is 0 Å². The lowest BCUT2D eigenvalue weighted by molar-refractivity contribution is -0.402. The van der Waals surface area contributed by atoms with Crippen LogP contribution in [0.5, 0.6) is 0 Å². The average molecular weight is 261 g/mol. The second-order valence-corrected chi connectivity index (χ2v) is 3.44. The smallest absolute Gasteiger partial charge is 0.400 e. The van der Waals surface area contributed by atoms with E-state index in [1.807, 2.05) is 0 Å². The predicted molar refractivity (Wildman–Crippen MR) is 65.7 cm³/mol. The van der Waals surface area contributed by atoms with Crippen LogP contribution in [0.1, 0.15) is 5.76 Å². The van der Waals surface area contributed by atoms with E-state index >= 15 is 0 Å². The summed E-state index contributed by atoms with van der Waals surface area (Å²) in [4.78, 5) is 23.8. The lowest BCUT2D eigenvalue weighted by Gasteiger charge is -1.94. The summed E-state index contributed by atoms with van der Waals surface area (Å²) in [6.45, 7) is 0. The van der Waals surface area contributed by atoms with Gasteiger partial charge in [-0.25, -0.2) is 4.99 Å². The number of furan rings is 1. The van der Waals surface area contributed by atoms with E-state index in [1.165, 1.54) is 36.5 Å². The zero-order chi connectivity index (χ0) is 13.8. The molecule has 19 heavy (non-hydrogen) atoms. The molecular weight excluding hydrogens is 254 g/mol. The molecule has 2 aromatic rings. The lowest BCUT2D eigenvalue weighted by Crippen LogP contribution is -1.88. The second kappa shape index (κ2) is 5.08. The molecule has 0 radical (unpaired) electrons. The van der Waals surface area contributed by atoms with Gasteiger partial charge in [0.1, 0.15) is 10.6 Å². The van der Waals surface area contributed by atoms with Crippen LogP contribution in [-0.4, -0.2) is 16.1 Å². The summed E-state index contributed by atoms with van der Waals surface area (Å²) in [6, 6.07) is 8.44. The SMILES string of the molecule is O=[N+]([O-])c1ccc(C=Nc2ccccc2[N+](=O)[O-])o1. The first-order chi connectivity index (χ1) is 9.08. The summed E-state index contributed by atoms with van der Waals surface area (Å²) in [5.74, 6) is -0.270. The highest BCUT2D eigenvalue weighted by Gasteiger charge is 2.12. The van der Waals surface area contributed by atoms with Crippen molar-refractivity contribution in [2.45, 2.75) is 0 Å². The molecule has 0 N–H and O–H groups in total. The molecule has 0 fully saturated rings. The van der Waals surface area contributed by atoms with Gasteiger partial charge < -0.3 is 4.42 Å². The molecule has 0 atom stereocenters. The van der Waals surface area contributed by atoms with Gasteiger partial charge in [0.25, 0.3) is 5.69 Å². The van der Waals surface area contributed by atoms with Crippen molar-refractivity contribution in [1.29, 1.82) is 0 Å². The fourth-order valence-corrected chi connectivity index (χ4v) is 1.37. The number of nitro groups is 2. The van der Waals surface area contributed by atoms with Crippen LogP contribution in [0.15, 0.2) is 45.8 Å². The number of hydrogen-bond donors (Lipinski definition) is 0. The Morgan fingerprint density at radius 3 is 2.42 bits per heavy atom. The predicted octanol–water partition coefficient (Wildman–Crippen LogP) is 2.85. The fraction of sp³-hybridized carbons (Fsp3) is 0. The highest BCUT2D eigenvalue weighted by molar-refractivity contribution is 5.80. The van der Waals surface area contributed by atoms with Crippen LogP contribution in [-0.2, 0) is 0 Å². The Bertz CT molecular complexity index is 662. The monoisotopic (exact) mass is 261 g/mol. The van der Waals surface area contributed by atoms with Crippen LogP contribution in [0.25, 0.3) is 0 Å². The number of aliphatic imine (C=N–C) groups is 1. The van der Waals surface area contributed by atoms with Gasteiger partial charge >= 0.3 is 5.88 Å². The van der Waals surface area contributed by atoms with Gasteiger partial charge in [0.05, 0.1) is 17.2 Å². The summed E-state index contributed by atoms with van der Waals surface area (Å²) in [7, 11) is 0. The minimum Gasteiger partial charge on any atom is -0.400 e. The minimum absolute atomic E-state index is 0.143. The number of rotatable bonds is 4. The lowest BCUT2D eigenvalue weighted by atomic mass is 10.3. The second-order valence-electron chi connectivity index (χ2n) is 3.44. The Hall–Kier alpha value is -3.03. The molecule has 0 amide bonds. The maximum absolute atomic E-state index is 10.7. The zero-order valence-electron chi connectivity index (χ0n) is 9.42. The fourth-order valence-electron chi connectivity index (χ4n) is 1.37. The number of benzene rings is 1. The Morgan fingerprint density at radius 1 is 1.05 bits per heavy atom. The molecule has 1 heterocycles. The third-order valence-electron chi connectivity index (χ3n) is 2.20. The summed E-state index contributed by atoms with van der Waals surface area (Å²) in [5.41, 5.74) is -0.00800. The highest BCUT2D eigenvalue weighted by atomic mass is 16.6. The third-order valence-corrected chi connectivity index (χ3v) is 2.20. The molecule has 96 valence electrons. The van der Waals surface area contributed by atoms with Gasteiger partial charge in [-0.05, 0) is 12.1 Å². The molecule has 8 heteroatoms. The van der Waals surface area contributed by atoms with Crippen molar-refractivity contribution in [3.8, 4) is 0 Å². The maximum Gasteiger partial charge on any atom is 0.433 e. The van der Waals surface area contributed by atoms with Crippen molar-refractivity contribution in [1.82, 2.24) is 0 Å². The van der Waals surface area contributed by atoms with E-state index in [9.17, 15) is 20.2 Å². The molecule has 0 unspecified atom stereocenters. The molecule has 1 aromatic carbocycles. The summed E-state index contributed by atoms with van der Waals surface area (Å²) in [6.07, 6.45) is 1.19. The van der Waals surface area contributed by atoms with Crippen LogP contribution in [0.4, 0.5) is 17.3 Å². The molecule has 0 saturated carbocycles. The van der Waals surface area contributed by atoms with Gasteiger partial charge in [0, 0.05) is 6.07 Å². The first-order valence-electron chi connectivity index (χ1n) is 5.09. The molecule has 0 aliphatic carbocycles. The first-order valence-corrected chi connectivity index (χ1v) is 5.09. The van der Waals surface area contributed by atoms with Crippen LogP contribution >= 0.6 is 0 Å². The molecular formula is C11H7N3O5. The molecule has 0 bridgehead atoms. The highest BCUT2D eigenvalue weighted by Crippen LogP contribution is 2.26. The Labute approximate surface area is 106 Å². The van der Waals surface area contributed by atoms with Crippen LogP contribution in [0.3, 0.4) is 0 Å². The largest absolute Gasteiger partial charge is 0.433 e. The van der Waals surface area contributed by atoms with Gasteiger partial charge in [0.15, 0.2) is 5.76 Å². The molecule has 0 aliphatic heterocycles. The van der Waals surface area contributed by atoms with Crippen LogP contribution in [0, 0.1) is 20.2 Å². The van der Waals surface area contributed by atoms with Gasteiger partial charge in [-0.1, -0.05) is 12.1 Å². The molecule has 0 saturated heterocycles. The molecule has 2 rings (SSSR count). The van der Waals surface area contributed by atoms with Crippen molar-refractivity contribution >= 4 is 23.5 Å². The maximum atomic E-state index is 10.7. The van der Waals surface area contributed by atoms with E-state index in [2.05, 4.69) is 4.99 Å². The zero-order valence-corrected chi connectivity index (χ0v) is 9.42. The van der Waals surface area contributed by atoms with Crippen molar-refractivity contribution in [3.05, 3.63) is 62.4 Å².